The lowest BCUT2D eigenvalue weighted by atomic mass is 9.78. The molecule has 6 nitrogen and oxygen atoms in total. The zero-order valence-corrected chi connectivity index (χ0v) is 15.3. The maximum Gasteiger partial charge on any atom is 0.342 e. The van der Waals surface area contributed by atoms with E-state index in [1.807, 2.05) is 0 Å². The van der Waals surface area contributed by atoms with Gasteiger partial charge in [-0.3, -0.25) is 4.79 Å². The topological polar surface area (TPSA) is 73.9 Å². The Kier molecular flexibility index (Phi) is 6.67. The largest absolute Gasteiger partial charge is 0.493 e. The number of amides is 1. The van der Waals surface area contributed by atoms with Crippen LogP contribution in [0.2, 0.25) is 0 Å². The van der Waals surface area contributed by atoms with Crippen LogP contribution in [0.4, 0.5) is 0 Å². The van der Waals surface area contributed by atoms with E-state index in [0.717, 1.165) is 12.8 Å². The Labute approximate surface area is 148 Å². The van der Waals surface area contributed by atoms with Crippen molar-refractivity contribution < 1.29 is 23.8 Å². The van der Waals surface area contributed by atoms with Crippen molar-refractivity contribution in [1.29, 1.82) is 0 Å². The second-order valence-corrected chi connectivity index (χ2v) is 6.56. The average Bonchev–Trinajstić information content (AvgIpc) is 2.62. The van der Waals surface area contributed by atoms with E-state index in [4.69, 9.17) is 14.2 Å². The molecule has 1 N–H and O–H groups in total. The average molecular weight is 349 g/mol. The lowest BCUT2D eigenvalue weighted by molar-refractivity contribution is -0.125. The van der Waals surface area contributed by atoms with Crippen molar-refractivity contribution in [1.82, 2.24) is 5.32 Å². The number of ether oxygens (including phenoxy) is 3. The number of carbonyl (C=O) groups excluding carboxylic acids is 2. The summed E-state index contributed by atoms with van der Waals surface area (Å²) in [7, 11) is 2.94. The SMILES string of the molecule is COc1cccc(C(=O)OCC(=O)N[C@H]2CCC[C@H](C)[C@H]2C)c1OC. The smallest absolute Gasteiger partial charge is 0.342 e. The maximum atomic E-state index is 12.3. The normalized spacial score (nSPS) is 22.8. The van der Waals surface area contributed by atoms with Crippen LogP contribution in [-0.4, -0.2) is 38.7 Å². The first-order valence-electron chi connectivity index (χ1n) is 8.65. The highest BCUT2D eigenvalue weighted by molar-refractivity contribution is 5.95. The fourth-order valence-corrected chi connectivity index (χ4v) is 3.29. The number of nitrogens with one attached hydrogen (secondary N) is 1. The number of para-hydroxylation sites is 1. The summed E-state index contributed by atoms with van der Waals surface area (Å²) < 4.78 is 15.5. The van der Waals surface area contributed by atoms with Crippen LogP contribution in [0.1, 0.15) is 43.5 Å². The summed E-state index contributed by atoms with van der Waals surface area (Å²) >= 11 is 0. The van der Waals surface area contributed by atoms with Gasteiger partial charge in [0.05, 0.1) is 14.2 Å². The zero-order valence-electron chi connectivity index (χ0n) is 15.3. The summed E-state index contributed by atoms with van der Waals surface area (Å²) in [6, 6.07) is 5.07. The summed E-state index contributed by atoms with van der Waals surface area (Å²) in [6.45, 7) is 4.05. The van der Waals surface area contributed by atoms with E-state index >= 15 is 0 Å². The number of hydrogen-bond acceptors (Lipinski definition) is 5. The molecule has 6 heteroatoms. The second kappa shape index (κ2) is 8.74. The molecule has 1 fully saturated rings. The van der Waals surface area contributed by atoms with E-state index in [1.165, 1.54) is 20.6 Å². The lowest BCUT2D eigenvalue weighted by Crippen LogP contribution is -2.45. The van der Waals surface area contributed by atoms with Crippen molar-refractivity contribution in [2.45, 2.75) is 39.2 Å². The Bertz CT molecular complexity index is 616. The van der Waals surface area contributed by atoms with Gasteiger partial charge in [-0.05, 0) is 30.4 Å². The molecule has 1 saturated carbocycles. The van der Waals surface area contributed by atoms with Gasteiger partial charge in [-0.15, -0.1) is 0 Å². The number of hydrogen-bond donors (Lipinski definition) is 1. The van der Waals surface area contributed by atoms with E-state index in [0.29, 0.717) is 23.3 Å². The molecule has 1 aromatic rings. The van der Waals surface area contributed by atoms with Crippen molar-refractivity contribution in [3.05, 3.63) is 23.8 Å². The molecule has 138 valence electrons. The fourth-order valence-electron chi connectivity index (χ4n) is 3.29. The van der Waals surface area contributed by atoms with E-state index in [2.05, 4.69) is 19.2 Å². The third-order valence-corrected chi connectivity index (χ3v) is 5.01. The predicted octanol–water partition coefficient (Wildman–Crippen LogP) is 2.80. The van der Waals surface area contributed by atoms with Crippen LogP contribution in [-0.2, 0) is 9.53 Å². The van der Waals surface area contributed by atoms with Gasteiger partial charge in [-0.25, -0.2) is 4.79 Å². The van der Waals surface area contributed by atoms with Crippen molar-refractivity contribution in [2.75, 3.05) is 20.8 Å². The zero-order chi connectivity index (χ0) is 18.4. The highest BCUT2D eigenvalue weighted by Crippen LogP contribution is 2.31. The van der Waals surface area contributed by atoms with Crippen LogP contribution in [0.3, 0.4) is 0 Å². The van der Waals surface area contributed by atoms with E-state index < -0.39 is 5.97 Å². The molecular weight excluding hydrogens is 322 g/mol. The van der Waals surface area contributed by atoms with Crippen LogP contribution >= 0.6 is 0 Å². The van der Waals surface area contributed by atoms with Crippen LogP contribution in [0.15, 0.2) is 18.2 Å². The minimum absolute atomic E-state index is 0.140. The highest BCUT2D eigenvalue weighted by Gasteiger charge is 2.28. The third-order valence-electron chi connectivity index (χ3n) is 5.01. The molecule has 0 heterocycles. The Hall–Kier alpha value is -2.24. The minimum atomic E-state index is -0.615. The third kappa shape index (κ3) is 4.65. The summed E-state index contributed by atoms with van der Waals surface area (Å²) in [4.78, 5) is 24.4. The van der Waals surface area contributed by atoms with Crippen molar-refractivity contribution in [3.8, 4) is 11.5 Å². The summed E-state index contributed by atoms with van der Waals surface area (Å²) in [5, 5.41) is 2.98. The first-order valence-corrected chi connectivity index (χ1v) is 8.65. The highest BCUT2D eigenvalue weighted by atomic mass is 16.5. The van der Waals surface area contributed by atoms with Gasteiger partial charge in [-0.2, -0.15) is 0 Å². The molecule has 0 unspecified atom stereocenters. The van der Waals surface area contributed by atoms with Gasteiger partial charge < -0.3 is 19.5 Å². The molecule has 1 aliphatic rings. The standard InChI is InChI=1S/C19H27NO5/c1-12-7-5-9-15(13(12)2)20-17(21)11-25-19(22)14-8-6-10-16(23-3)18(14)24-4/h6,8,10,12-13,15H,5,7,9,11H2,1-4H3,(H,20,21)/t12-,13+,15-/m0/s1. The molecule has 0 bridgehead atoms. The first-order chi connectivity index (χ1) is 12.0. The fraction of sp³-hybridized carbons (Fsp3) is 0.579. The van der Waals surface area contributed by atoms with Crippen LogP contribution in [0.5, 0.6) is 11.5 Å². The van der Waals surface area contributed by atoms with Crippen LogP contribution < -0.4 is 14.8 Å². The van der Waals surface area contributed by atoms with E-state index in [-0.39, 0.29) is 24.1 Å². The Balaban J connectivity index is 1.92. The molecule has 0 spiro atoms. The van der Waals surface area contributed by atoms with E-state index in [1.54, 1.807) is 18.2 Å². The molecule has 1 amide bonds. The molecule has 0 aliphatic heterocycles. The molecule has 3 atom stereocenters. The number of benzene rings is 1. The molecular formula is C19H27NO5. The van der Waals surface area contributed by atoms with Gasteiger partial charge in [0.1, 0.15) is 5.56 Å². The predicted molar refractivity (Wildman–Crippen MR) is 93.9 cm³/mol. The number of methoxy groups -OCH3 is 2. The van der Waals surface area contributed by atoms with Gasteiger partial charge in [-0.1, -0.05) is 32.8 Å². The number of carbonyl (C=O) groups is 2. The second-order valence-electron chi connectivity index (χ2n) is 6.56. The van der Waals surface area contributed by atoms with Gasteiger partial charge in [0, 0.05) is 6.04 Å². The molecule has 0 aromatic heterocycles. The van der Waals surface area contributed by atoms with E-state index in [9.17, 15) is 9.59 Å². The van der Waals surface area contributed by atoms with Gasteiger partial charge in [0.25, 0.3) is 5.91 Å². The maximum absolute atomic E-state index is 12.3. The van der Waals surface area contributed by atoms with Crippen LogP contribution in [0.25, 0.3) is 0 Å². The van der Waals surface area contributed by atoms with Crippen molar-refractivity contribution in [3.63, 3.8) is 0 Å². The Morgan fingerprint density at radius 3 is 2.60 bits per heavy atom. The van der Waals surface area contributed by atoms with Crippen molar-refractivity contribution >= 4 is 11.9 Å². The summed E-state index contributed by atoms with van der Waals surface area (Å²) in [6.07, 6.45) is 3.27. The molecule has 0 radical (unpaired) electrons. The quantitative estimate of drug-likeness (QED) is 0.800. The van der Waals surface area contributed by atoms with Crippen LogP contribution in [0, 0.1) is 11.8 Å². The summed E-state index contributed by atoms with van der Waals surface area (Å²) in [5.74, 6) is 0.850. The summed E-state index contributed by atoms with van der Waals surface area (Å²) in [5.41, 5.74) is 0.231. The monoisotopic (exact) mass is 349 g/mol. The Morgan fingerprint density at radius 1 is 1.16 bits per heavy atom. The molecule has 25 heavy (non-hydrogen) atoms. The molecule has 2 rings (SSSR count). The number of esters is 1. The van der Waals surface area contributed by atoms with Gasteiger partial charge >= 0.3 is 5.97 Å². The van der Waals surface area contributed by atoms with Crippen molar-refractivity contribution in [2.24, 2.45) is 11.8 Å². The Morgan fingerprint density at radius 2 is 1.92 bits per heavy atom. The first kappa shape index (κ1) is 19.1. The van der Waals surface area contributed by atoms with Gasteiger partial charge in [0.15, 0.2) is 18.1 Å². The number of rotatable bonds is 6. The molecule has 1 aromatic carbocycles. The molecule has 1 aliphatic carbocycles. The minimum Gasteiger partial charge on any atom is -0.493 e. The lowest BCUT2D eigenvalue weighted by Gasteiger charge is -2.34. The van der Waals surface area contributed by atoms with Gasteiger partial charge in [0.2, 0.25) is 0 Å². The molecule has 0 saturated heterocycles.